The van der Waals surface area contributed by atoms with E-state index in [9.17, 15) is 9.59 Å². The summed E-state index contributed by atoms with van der Waals surface area (Å²) >= 11 is 0. The number of carbonyl (C=O) groups is 2. The highest BCUT2D eigenvalue weighted by molar-refractivity contribution is 5.73. The number of nitrogens with two attached hydrogens (primary N) is 1. The Kier molecular flexibility index (Phi) is 6.46. The minimum Gasteiger partial charge on any atom is -0.481 e. The standard InChI is InChI=1S/C15H28N2O3/c1-4-10(5-2)6-14(17-9(3)18)12-7-11(15(19)20)8-13(12)16/h10-14H,4-8,16H2,1-3H3,(H,17,18)(H,19,20). The van der Waals surface area contributed by atoms with Crippen molar-refractivity contribution in [3.05, 3.63) is 0 Å². The molecule has 0 spiro atoms. The molecule has 0 radical (unpaired) electrons. The fourth-order valence-corrected chi connectivity index (χ4v) is 3.35. The highest BCUT2D eigenvalue weighted by Crippen LogP contribution is 2.35. The molecule has 1 rings (SSSR count). The molecule has 0 aromatic rings. The number of carbonyl (C=O) groups excluding carboxylic acids is 1. The Labute approximate surface area is 121 Å². The predicted octanol–water partition coefficient (Wildman–Crippen LogP) is 1.76. The summed E-state index contributed by atoms with van der Waals surface area (Å²) in [4.78, 5) is 22.6. The van der Waals surface area contributed by atoms with Crippen LogP contribution in [0.5, 0.6) is 0 Å². The molecule has 4 atom stereocenters. The third-order valence-electron chi connectivity index (χ3n) is 4.66. The number of rotatable bonds is 7. The van der Waals surface area contributed by atoms with Gasteiger partial charge in [0.1, 0.15) is 0 Å². The van der Waals surface area contributed by atoms with Gasteiger partial charge >= 0.3 is 5.97 Å². The molecule has 5 nitrogen and oxygen atoms in total. The average Bonchev–Trinajstić information content (AvgIpc) is 2.76. The van der Waals surface area contributed by atoms with Crippen molar-refractivity contribution < 1.29 is 14.7 Å². The number of hydrogen-bond acceptors (Lipinski definition) is 3. The molecule has 1 amide bonds. The van der Waals surface area contributed by atoms with Gasteiger partial charge in [-0.15, -0.1) is 0 Å². The molecule has 0 aromatic heterocycles. The largest absolute Gasteiger partial charge is 0.481 e. The second kappa shape index (κ2) is 7.62. The fraction of sp³-hybridized carbons (Fsp3) is 0.867. The van der Waals surface area contributed by atoms with Crippen molar-refractivity contribution in [3.63, 3.8) is 0 Å². The van der Waals surface area contributed by atoms with E-state index in [0.29, 0.717) is 18.8 Å². The van der Waals surface area contributed by atoms with Crippen molar-refractivity contribution in [3.8, 4) is 0 Å². The van der Waals surface area contributed by atoms with Gasteiger partial charge in [0.05, 0.1) is 5.92 Å². The lowest BCUT2D eigenvalue weighted by Gasteiger charge is -2.30. The molecule has 0 saturated heterocycles. The first-order valence-electron chi connectivity index (χ1n) is 7.64. The van der Waals surface area contributed by atoms with Crippen LogP contribution in [-0.2, 0) is 9.59 Å². The Morgan fingerprint density at radius 2 is 1.90 bits per heavy atom. The summed E-state index contributed by atoms with van der Waals surface area (Å²) in [5.41, 5.74) is 6.13. The summed E-state index contributed by atoms with van der Waals surface area (Å²) in [5, 5.41) is 12.1. The van der Waals surface area contributed by atoms with E-state index < -0.39 is 5.97 Å². The Morgan fingerprint density at radius 3 is 2.30 bits per heavy atom. The number of carboxylic acids is 1. The van der Waals surface area contributed by atoms with Gasteiger partial charge in [-0.1, -0.05) is 26.7 Å². The molecule has 4 unspecified atom stereocenters. The Balaban J connectivity index is 2.76. The van der Waals surface area contributed by atoms with Crippen LogP contribution in [0.4, 0.5) is 0 Å². The van der Waals surface area contributed by atoms with Crippen LogP contribution in [0.1, 0.15) is 52.9 Å². The summed E-state index contributed by atoms with van der Waals surface area (Å²) in [6, 6.07) is -0.140. The maximum Gasteiger partial charge on any atom is 0.306 e. The number of aliphatic carboxylic acids is 1. The Hall–Kier alpha value is -1.10. The summed E-state index contributed by atoms with van der Waals surface area (Å²) in [6.45, 7) is 5.80. The molecule has 1 fully saturated rings. The molecular weight excluding hydrogens is 256 g/mol. The van der Waals surface area contributed by atoms with Gasteiger partial charge in [-0.3, -0.25) is 9.59 Å². The van der Waals surface area contributed by atoms with Crippen LogP contribution >= 0.6 is 0 Å². The summed E-state index contributed by atoms with van der Waals surface area (Å²) in [5.74, 6) is -0.588. The summed E-state index contributed by atoms with van der Waals surface area (Å²) in [7, 11) is 0. The minimum atomic E-state index is -0.771. The topological polar surface area (TPSA) is 92.4 Å². The maximum absolute atomic E-state index is 11.4. The van der Waals surface area contributed by atoms with E-state index in [1.807, 2.05) is 0 Å². The molecule has 0 heterocycles. The number of hydrogen-bond donors (Lipinski definition) is 3. The highest BCUT2D eigenvalue weighted by atomic mass is 16.4. The van der Waals surface area contributed by atoms with Gasteiger partial charge in [-0.25, -0.2) is 0 Å². The van der Waals surface area contributed by atoms with Crippen molar-refractivity contribution in [2.24, 2.45) is 23.5 Å². The highest BCUT2D eigenvalue weighted by Gasteiger charge is 2.40. The van der Waals surface area contributed by atoms with E-state index in [1.165, 1.54) is 6.92 Å². The Bertz CT molecular complexity index is 342. The molecule has 0 bridgehead atoms. The van der Waals surface area contributed by atoms with E-state index in [4.69, 9.17) is 10.8 Å². The van der Waals surface area contributed by atoms with Crippen LogP contribution in [0.25, 0.3) is 0 Å². The zero-order valence-corrected chi connectivity index (χ0v) is 12.8. The lowest BCUT2D eigenvalue weighted by atomic mass is 9.85. The van der Waals surface area contributed by atoms with E-state index >= 15 is 0 Å². The van der Waals surface area contributed by atoms with Crippen LogP contribution in [-0.4, -0.2) is 29.1 Å². The van der Waals surface area contributed by atoms with Gasteiger partial charge in [0, 0.05) is 19.0 Å². The molecule has 0 aliphatic heterocycles. The average molecular weight is 284 g/mol. The Morgan fingerprint density at radius 1 is 1.30 bits per heavy atom. The first-order chi connectivity index (χ1) is 9.38. The minimum absolute atomic E-state index is 0.00301. The second-order valence-electron chi connectivity index (χ2n) is 6.06. The van der Waals surface area contributed by atoms with Crippen molar-refractivity contribution in [2.45, 2.75) is 65.0 Å². The van der Waals surface area contributed by atoms with E-state index in [0.717, 1.165) is 19.3 Å². The molecular formula is C15H28N2O3. The smallest absolute Gasteiger partial charge is 0.306 e. The van der Waals surface area contributed by atoms with E-state index in [-0.39, 0.29) is 29.8 Å². The summed E-state index contributed by atoms with van der Waals surface area (Å²) < 4.78 is 0. The van der Waals surface area contributed by atoms with Gasteiger partial charge in [0.2, 0.25) is 5.91 Å². The summed E-state index contributed by atoms with van der Waals surface area (Å²) in [6.07, 6.45) is 4.10. The van der Waals surface area contributed by atoms with Crippen molar-refractivity contribution in [1.29, 1.82) is 0 Å². The second-order valence-corrected chi connectivity index (χ2v) is 6.06. The number of amides is 1. The first-order valence-corrected chi connectivity index (χ1v) is 7.64. The lowest BCUT2D eigenvalue weighted by Crippen LogP contribution is -2.45. The SMILES string of the molecule is CCC(CC)CC(NC(C)=O)C1CC(C(=O)O)CC1N. The number of nitrogens with one attached hydrogen (secondary N) is 1. The number of carboxylic acid groups (broad SMARTS) is 1. The molecule has 0 aromatic carbocycles. The fourth-order valence-electron chi connectivity index (χ4n) is 3.35. The van der Waals surface area contributed by atoms with Crippen LogP contribution < -0.4 is 11.1 Å². The molecule has 116 valence electrons. The van der Waals surface area contributed by atoms with Crippen LogP contribution in [0, 0.1) is 17.8 Å². The molecule has 1 saturated carbocycles. The molecule has 1 aliphatic carbocycles. The van der Waals surface area contributed by atoms with Crippen molar-refractivity contribution >= 4 is 11.9 Å². The van der Waals surface area contributed by atoms with Gasteiger partial charge < -0.3 is 16.2 Å². The monoisotopic (exact) mass is 284 g/mol. The third kappa shape index (κ3) is 4.47. The zero-order chi connectivity index (χ0) is 15.3. The molecule has 5 heteroatoms. The predicted molar refractivity (Wildman–Crippen MR) is 78.1 cm³/mol. The molecule has 1 aliphatic rings. The normalized spacial score (nSPS) is 27.6. The van der Waals surface area contributed by atoms with Crippen LogP contribution in [0.15, 0.2) is 0 Å². The molecule has 4 N–H and O–H groups in total. The van der Waals surface area contributed by atoms with E-state index in [2.05, 4.69) is 19.2 Å². The van der Waals surface area contributed by atoms with Crippen molar-refractivity contribution in [2.75, 3.05) is 0 Å². The van der Waals surface area contributed by atoms with Gasteiger partial charge in [0.15, 0.2) is 0 Å². The van der Waals surface area contributed by atoms with Gasteiger partial charge in [-0.2, -0.15) is 0 Å². The molecule has 20 heavy (non-hydrogen) atoms. The zero-order valence-electron chi connectivity index (χ0n) is 12.8. The first kappa shape index (κ1) is 17.0. The maximum atomic E-state index is 11.4. The van der Waals surface area contributed by atoms with E-state index in [1.54, 1.807) is 0 Å². The lowest BCUT2D eigenvalue weighted by molar-refractivity contribution is -0.141. The van der Waals surface area contributed by atoms with Crippen LogP contribution in [0.2, 0.25) is 0 Å². The quantitative estimate of drug-likeness (QED) is 0.664. The van der Waals surface area contributed by atoms with Gasteiger partial charge in [0.25, 0.3) is 0 Å². The van der Waals surface area contributed by atoms with Crippen molar-refractivity contribution in [1.82, 2.24) is 5.32 Å². The van der Waals surface area contributed by atoms with Gasteiger partial charge in [-0.05, 0) is 31.1 Å². The van der Waals surface area contributed by atoms with Crippen LogP contribution in [0.3, 0.4) is 0 Å². The third-order valence-corrected chi connectivity index (χ3v) is 4.66.